The van der Waals surface area contributed by atoms with Gasteiger partial charge in [0.2, 0.25) is 5.91 Å². The van der Waals surface area contributed by atoms with Gasteiger partial charge in [-0.15, -0.1) is 5.06 Å². The van der Waals surface area contributed by atoms with E-state index in [1.807, 2.05) is 5.48 Å². The van der Waals surface area contributed by atoms with E-state index in [2.05, 4.69) is 4.84 Å². The van der Waals surface area contributed by atoms with Gasteiger partial charge in [-0.2, -0.15) is 0 Å². The lowest BCUT2D eigenvalue weighted by atomic mass is 10.4. The van der Waals surface area contributed by atoms with E-state index in [0.29, 0.717) is 5.06 Å². The molecule has 0 bridgehead atoms. The second-order valence-electron chi connectivity index (χ2n) is 5.08. The zero-order chi connectivity index (χ0) is 18.4. The number of rotatable bonds is 8. The number of hydroxylamine groups is 3. The standard InChI is InChI=1S/C14H15N3O8/c18-9(5-7-16-10(19)1-2-11(16)20)15-24-8-6-14(23)25-17-12(21)3-4-13(17)22/h1-2H,3-8H2,(H,15,18). The first-order chi connectivity index (χ1) is 11.9. The molecule has 2 aliphatic heterocycles. The molecule has 1 fully saturated rings. The molecule has 25 heavy (non-hydrogen) atoms. The van der Waals surface area contributed by atoms with Crippen LogP contribution >= 0.6 is 0 Å². The number of carbonyl (C=O) groups is 6. The topological polar surface area (TPSA) is 139 Å². The highest BCUT2D eigenvalue weighted by Gasteiger charge is 2.32. The van der Waals surface area contributed by atoms with Crippen molar-refractivity contribution in [1.29, 1.82) is 0 Å². The minimum absolute atomic E-state index is 0.00376. The van der Waals surface area contributed by atoms with Crippen LogP contribution < -0.4 is 5.48 Å². The summed E-state index contributed by atoms with van der Waals surface area (Å²) < 4.78 is 0. The summed E-state index contributed by atoms with van der Waals surface area (Å²) in [4.78, 5) is 78.3. The predicted molar refractivity (Wildman–Crippen MR) is 76.4 cm³/mol. The van der Waals surface area contributed by atoms with Crippen LogP contribution in [0.2, 0.25) is 0 Å². The van der Waals surface area contributed by atoms with E-state index in [4.69, 9.17) is 4.84 Å². The average molecular weight is 353 g/mol. The minimum atomic E-state index is -0.864. The van der Waals surface area contributed by atoms with Crippen LogP contribution in [0.5, 0.6) is 0 Å². The highest BCUT2D eigenvalue weighted by Crippen LogP contribution is 2.12. The van der Waals surface area contributed by atoms with Gasteiger partial charge in [-0.05, 0) is 0 Å². The van der Waals surface area contributed by atoms with Gasteiger partial charge in [-0.25, -0.2) is 10.3 Å². The summed E-state index contributed by atoms with van der Waals surface area (Å²) >= 11 is 0. The van der Waals surface area contributed by atoms with Crippen LogP contribution in [0.15, 0.2) is 12.2 Å². The van der Waals surface area contributed by atoms with Gasteiger partial charge >= 0.3 is 5.97 Å². The Kier molecular flexibility index (Phi) is 5.95. The Morgan fingerprint density at radius 3 is 2.20 bits per heavy atom. The lowest BCUT2D eigenvalue weighted by molar-refractivity contribution is -0.198. The highest BCUT2D eigenvalue weighted by molar-refractivity contribution is 6.13. The second-order valence-corrected chi connectivity index (χ2v) is 5.08. The largest absolute Gasteiger partial charge is 0.335 e. The molecule has 1 saturated heterocycles. The predicted octanol–water partition coefficient (Wildman–Crippen LogP) is -1.65. The fourth-order valence-corrected chi connectivity index (χ4v) is 1.99. The maximum absolute atomic E-state index is 11.5. The highest BCUT2D eigenvalue weighted by atomic mass is 16.7. The van der Waals surface area contributed by atoms with Crippen LogP contribution in [-0.2, 0) is 38.4 Å². The third-order valence-corrected chi connectivity index (χ3v) is 3.26. The van der Waals surface area contributed by atoms with Gasteiger partial charge in [0, 0.05) is 38.0 Å². The zero-order valence-corrected chi connectivity index (χ0v) is 13.1. The molecule has 2 heterocycles. The van der Waals surface area contributed by atoms with E-state index in [1.165, 1.54) is 0 Å². The van der Waals surface area contributed by atoms with E-state index < -0.39 is 35.5 Å². The van der Waals surface area contributed by atoms with Crippen LogP contribution in [0.4, 0.5) is 0 Å². The summed E-state index contributed by atoms with van der Waals surface area (Å²) in [6.45, 7) is -0.342. The summed E-state index contributed by atoms with van der Waals surface area (Å²) in [6.07, 6.45) is 1.74. The summed E-state index contributed by atoms with van der Waals surface area (Å²) in [7, 11) is 0. The van der Waals surface area contributed by atoms with Crippen LogP contribution in [0.1, 0.15) is 25.7 Å². The molecule has 2 aliphatic rings. The van der Waals surface area contributed by atoms with Crippen molar-refractivity contribution in [2.75, 3.05) is 13.2 Å². The normalized spacial score (nSPS) is 16.8. The molecule has 1 N–H and O–H groups in total. The van der Waals surface area contributed by atoms with Crippen molar-refractivity contribution in [3.63, 3.8) is 0 Å². The lowest BCUT2D eigenvalue weighted by Crippen LogP contribution is -2.35. The van der Waals surface area contributed by atoms with Crippen LogP contribution in [-0.4, -0.2) is 58.6 Å². The van der Waals surface area contributed by atoms with Crippen molar-refractivity contribution in [3.05, 3.63) is 12.2 Å². The molecule has 0 atom stereocenters. The van der Waals surface area contributed by atoms with Crippen molar-refractivity contribution >= 4 is 35.5 Å². The Balaban J connectivity index is 1.57. The van der Waals surface area contributed by atoms with Gasteiger partial charge in [0.1, 0.15) is 0 Å². The second kappa shape index (κ2) is 8.15. The van der Waals surface area contributed by atoms with E-state index >= 15 is 0 Å². The van der Waals surface area contributed by atoms with Gasteiger partial charge in [0.25, 0.3) is 23.6 Å². The van der Waals surface area contributed by atoms with Crippen molar-refractivity contribution in [1.82, 2.24) is 15.4 Å². The van der Waals surface area contributed by atoms with Crippen molar-refractivity contribution < 1.29 is 38.4 Å². The van der Waals surface area contributed by atoms with Gasteiger partial charge in [-0.1, -0.05) is 0 Å². The van der Waals surface area contributed by atoms with Gasteiger partial charge < -0.3 is 4.84 Å². The van der Waals surface area contributed by atoms with E-state index in [9.17, 15) is 28.8 Å². The average Bonchev–Trinajstić information content (AvgIpc) is 3.06. The van der Waals surface area contributed by atoms with Crippen molar-refractivity contribution in [2.45, 2.75) is 25.7 Å². The Morgan fingerprint density at radius 1 is 1.00 bits per heavy atom. The quantitative estimate of drug-likeness (QED) is 0.311. The Morgan fingerprint density at radius 2 is 1.60 bits per heavy atom. The fourth-order valence-electron chi connectivity index (χ4n) is 1.99. The fraction of sp³-hybridized carbons (Fsp3) is 0.429. The molecule has 0 aromatic heterocycles. The molecule has 5 amide bonds. The first-order valence-electron chi connectivity index (χ1n) is 7.39. The molecule has 0 saturated carbocycles. The van der Waals surface area contributed by atoms with Crippen LogP contribution in [0, 0.1) is 0 Å². The molecule has 0 aromatic rings. The number of nitrogens with one attached hydrogen (secondary N) is 1. The SMILES string of the molecule is O=C(CCN1C(=O)C=CC1=O)NOCCC(=O)ON1C(=O)CCC1=O. The van der Waals surface area contributed by atoms with Gasteiger partial charge in [-0.3, -0.25) is 33.7 Å². The number of carbonyl (C=O) groups excluding carboxylic acids is 6. The van der Waals surface area contributed by atoms with E-state index in [1.54, 1.807) is 0 Å². The number of nitrogens with zero attached hydrogens (tertiary/aromatic N) is 2. The molecule has 11 nitrogen and oxygen atoms in total. The molecule has 134 valence electrons. The minimum Gasteiger partial charge on any atom is -0.330 e. The number of imide groups is 2. The molecule has 0 spiro atoms. The van der Waals surface area contributed by atoms with Crippen molar-refractivity contribution in [3.8, 4) is 0 Å². The monoisotopic (exact) mass is 353 g/mol. The molecule has 0 unspecified atom stereocenters. The first-order valence-corrected chi connectivity index (χ1v) is 7.39. The van der Waals surface area contributed by atoms with E-state index in [-0.39, 0.29) is 38.8 Å². The third-order valence-electron chi connectivity index (χ3n) is 3.26. The molecule has 0 aliphatic carbocycles. The molecular formula is C14H15N3O8. The van der Waals surface area contributed by atoms with Crippen LogP contribution in [0.25, 0.3) is 0 Å². The Labute approximate surface area is 141 Å². The van der Waals surface area contributed by atoms with Crippen LogP contribution in [0.3, 0.4) is 0 Å². The number of hydrogen-bond acceptors (Lipinski definition) is 8. The smallest absolute Gasteiger partial charge is 0.330 e. The third kappa shape index (κ3) is 4.94. The number of amides is 5. The first kappa shape index (κ1) is 18.3. The van der Waals surface area contributed by atoms with Crippen molar-refractivity contribution in [2.24, 2.45) is 0 Å². The maximum atomic E-state index is 11.5. The van der Waals surface area contributed by atoms with Gasteiger partial charge in [0.15, 0.2) is 0 Å². The Hall–Kier alpha value is -3.08. The molecular weight excluding hydrogens is 338 g/mol. The van der Waals surface area contributed by atoms with Gasteiger partial charge in [0.05, 0.1) is 13.0 Å². The summed E-state index contributed by atoms with van der Waals surface area (Å²) in [6, 6.07) is 0. The number of hydrogen-bond donors (Lipinski definition) is 1. The summed E-state index contributed by atoms with van der Waals surface area (Å²) in [5.41, 5.74) is 2.04. The maximum Gasteiger partial charge on any atom is 0.335 e. The molecule has 0 radical (unpaired) electrons. The Bertz CT molecular complexity index is 622. The van der Waals surface area contributed by atoms with E-state index in [0.717, 1.165) is 17.1 Å². The molecule has 2 rings (SSSR count). The lowest BCUT2D eigenvalue weighted by Gasteiger charge is -2.13. The molecule has 0 aromatic carbocycles. The zero-order valence-electron chi connectivity index (χ0n) is 13.1. The summed E-state index contributed by atoms with van der Waals surface area (Å²) in [5, 5.41) is 0.416. The summed E-state index contributed by atoms with van der Waals surface area (Å²) in [5.74, 6) is -3.62. The molecule has 11 heteroatoms.